The van der Waals surface area contributed by atoms with Gasteiger partial charge in [-0.25, -0.2) is 4.79 Å². The van der Waals surface area contributed by atoms with Gasteiger partial charge in [-0.1, -0.05) is 110 Å². The van der Waals surface area contributed by atoms with E-state index in [-0.39, 0.29) is 42.3 Å². The van der Waals surface area contributed by atoms with Gasteiger partial charge in [0.15, 0.2) is 6.29 Å². The van der Waals surface area contributed by atoms with Gasteiger partial charge in [-0.3, -0.25) is 4.90 Å². The van der Waals surface area contributed by atoms with Crippen LogP contribution in [-0.4, -0.2) is 52.4 Å². The molecule has 4 saturated carbocycles. The lowest BCUT2D eigenvalue weighted by Gasteiger charge is -2.56. The second-order valence-corrected chi connectivity index (χ2v) is 17.1. The van der Waals surface area contributed by atoms with Crippen molar-refractivity contribution in [2.75, 3.05) is 13.6 Å². The van der Waals surface area contributed by atoms with Crippen molar-refractivity contribution in [3.63, 3.8) is 0 Å². The Morgan fingerprint density at radius 2 is 1.45 bits per heavy atom. The maximum atomic E-state index is 13.3. The molecule has 5 fully saturated rings. The van der Waals surface area contributed by atoms with Crippen LogP contribution in [0.15, 0.2) is 103 Å². The van der Waals surface area contributed by atoms with Crippen molar-refractivity contribution in [3.05, 3.63) is 131 Å². The number of aliphatic hydroxyl groups excluding tert-OH is 2. The van der Waals surface area contributed by atoms with Gasteiger partial charge in [0.05, 0.1) is 24.9 Å². The van der Waals surface area contributed by atoms with Crippen LogP contribution in [0.2, 0.25) is 0 Å². The molecule has 8 heteroatoms. The molecular formula is C47H57N3O5. The molecule has 0 aromatic heterocycles. The number of ether oxygens (including phenoxy) is 2. The summed E-state index contributed by atoms with van der Waals surface area (Å²) in [6.07, 6.45) is 5.78. The van der Waals surface area contributed by atoms with Crippen molar-refractivity contribution in [1.29, 1.82) is 0 Å². The molecule has 4 aliphatic carbocycles. The van der Waals surface area contributed by atoms with E-state index in [1.54, 1.807) is 0 Å². The van der Waals surface area contributed by atoms with Crippen LogP contribution in [0.4, 0.5) is 4.79 Å². The Kier molecular flexibility index (Phi) is 11.2. The highest BCUT2D eigenvalue weighted by molar-refractivity contribution is 5.76. The van der Waals surface area contributed by atoms with Crippen LogP contribution >= 0.6 is 0 Å². The average Bonchev–Trinajstić information content (AvgIpc) is 3.20. The second-order valence-electron chi connectivity index (χ2n) is 17.1. The third-order valence-electron chi connectivity index (χ3n) is 13.3. The van der Waals surface area contributed by atoms with Crippen molar-refractivity contribution in [2.45, 2.75) is 102 Å². The van der Waals surface area contributed by atoms with Crippen molar-refractivity contribution < 1.29 is 24.5 Å². The minimum atomic E-state index is -0.638. The number of aliphatic hydroxyl groups is 2. The first-order valence-electron chi connectivity index (χ1n) is 20.3. The van der Waals surface area contributed by atoms with Gasteiger partial charge in [0.1, 0.15) is 0 Å². The summed E-state index contributed by atoms with van der Waals surface area (Å²) in [5.41, 5.74) is 6.88. The van der Waals surface area contributed by atoms with Gasteiger partial charge in [-0.15, -0.1) is 0 Å². The number of rotatable bonds is 12. The molecule has 0 spiro atoms. The highest BCUT2D eigenvalue weighted by Gasteiger charge is 2.51. The van der Waals surface area contributed by atoms with E-state index in [1.807, 2.05) is 80.7 Å². The van der Waals surface area contributed by atoms with Crippen molar-refractivity contribution in [3.8, 4) is 11.1 Å². The van der Waals surface area contributed by atoms with E-state index in [0.717, 1.165) is 76.0 Å². The van der Waals surface area contributed by atoms with Gasteiger partial charge in [0.25, 0.3) is 0 Å². The van der Waals surface area contributed by atoms with Crippen LogP contribution in [0, 0.1) is 23.7 Å². The van der Waals surface area contributed by atoms with E-state index in [9.17, 15) is 15.0 Å². The maximum Gasteiger partial charge on any atom is 0.315 e. The Balaban J connectivity index is 0.967. The molecule has 1 aliphatic heterocycles. The standard InChI is InChI=1S/C47H57N3O5/c1-30-42(28-50(3)31(2)43(52)37-9-5-4-6-10-37)54-45(55-44(30)38-15-13-32(29-51)14-16-38)39-19-17-36(18-20-39)41-12-8-7-11-40(41)27-48-46(53)49-47-24-33-21-34(25-47)23-35(22-33)26-47/h4-20,30-31,33-35,42-45,51-52H,21-29H2,1-3H3,(H2,48,49,53)/t30-,31-,33?,34?,35?,42+,43-,44+,45+,47?/m0/s1. The Morgan fingerprint density at radius 1 is 0.836 bits per heavy atom. The van der Waals surface area contributed by atoms with Crippen LogP contribution in [0.5, 0.6) is 0 Å². The summed E-state index contributed by atoms with van der Waals surface area (Å²) >= 11 is 0. The maximum absolute atomic E-state index is 13.3. The molecule has 4 bridgehead atoms. The van der Waals surface area contributed by atoms with E-state index < -0.39 is 12.4 Å². The fourth-order valence-corrected chi connectivity index (χ4v) is 10.4. The van der Waals surface area contributed by atoms with Crippen LogP contribution in [0.1, 0.15) is 98.7 Å². The molecule has 4 aromatic rings. The summed E-state index contributed by atoms with van der Waals surface area (Å²) in [5.74, 6) is 2.35. The Bertz CT molecular complexity index is 1860. The summed E-state index contributed by atoms with van der Waals surface area (Å²) in [6.45, 7) is 5.25. The minimum Gasteiger partial charge on any atom is -0.392 e. The predicted octanol–water partition coefficient (Wildman–Crippen LogP) is 8.46. The third kappa shape index (κ3) is 8.25. The molecule has 55 heavy (non-hydrogen) atoms. The molecule has 6 atom stereocenters. The predicted molar refractivity (Wildman–Crippen MR) is 215 cm³/mol. The number of carbonyl (C=O) groups excluding carboxylic acids is 1. The summed E-state index contributed by atoms with van der Waals surface area (Å²) < 4.78 is 13.5. The molecular weight excluding hydrogens is 687 g/mol. The number of hydrogen-bond donors (Lipinski definition) is 4. The molecule has 0 unspecified atom stereocenters. The lowest BCUT2D eigenvalue weighted by atomic mass is 9.53. The molecule has 5 aliphatic rings. The number of carbonyl (C=O) groups is 1. The number of urea groups is 1. The van der Waals surface area contributed by atoms with Crippen LogP contribution in [0.3, 0.4) is 0 Å². The summed E-state index contributed by atoms with van der Waals surface area (Å²) in [6, 6.07) is 34.2. The normalized spacial score (nSPS) is 29.5. The first-order valence-corrected chi connectivity index (χ1v) is 20.3. The third-order valence-corrected chi connectivity index (χ3v) is 13.3. The van der Waals surface area contributed by atoms with Gasteiger partial charge in [0, 0.05) is 36.2 Å². The van der Waals surface area contributed by atoms with Crippen molar-refractivity contribution >= 4 is 6.03 Å². The Hall–Kier alpha value is -4.05. The number of nitrogens with one attached hydrogen (secondary N) is 2. The van der Waals surface area contributed by atoms with Crippen LogP contribution in [0.25, 0.3) is 11.1 Å². The topological polar surface area (TPSA) is 103 Å². The smallest absolute Gasteiger partial charge is 0.315 e. The van der Waals surface area contributed by atoms with E-state index in [4.69, 9.17) is 9.47 Å². The number of likely N-dealkylation sites (N-methyl/N-ethyl adjacent to an activating group) is 1. The van der Waals surface area contributed by atoms with Gasteiger partial charge in [-0.2, -0.15) is 0 Å². The lowest BCUT2D eigenvalue weighted by Crippen LogP contribution is -2.61. The van der Waals surface area contributed by atoms with Crippen molar-refractivity contribution in [2.24, 2.45) is 23.7 Å². The van der Waals surface area contributed by atoms with Gasteiger partial charge in [0.2, 0.25) is 0 Å². The van der Waals surface area contributed by atoms with Crippen LogP contribution in [-0.2, 0) is 22.6 Å². The zero-order chi connectivity index (χ0) is 38.1. The van der Waals surface area contributed by atoms with E-state index >= 15 is 0 Å². The molecule has 290 valence electrons. The zero-order valence-electron chi connectivity index (χ0n) is 32.4. The highest BCUT2D eigenvalue weighted by Crippen LogP contribution is 2.55. The first kappa shape index (κ1) is 37.9. The number of amides is 2. The van der Waals surface area contributed by atoms with E-state index in [1.165, 1.54) is 19.3 Å². The Morgan fingerprint density at radius 3 is 2.11 bits per heavy atom. The molecule has 8 nitrogen and oxygen atoms in total. The monoisotopic (exact) mass is 743 g/mol. The molecule has 4 N–H and O–H groups in total. The highest BCUT2D eigenvalue weighted by atomic mass is 16.7. The Labute approximate surface area is 326 Å². The number of hydrogen-bond acceptors (Lipinski definition) is 6. The molecule has 2 amide bonds. The average molecular weight is 744 g/mol. The molecule has 0 radical (unpaired) electrons. The molecule has 1 heterocycles. The SMILES string of the molecule is C[C@H]1[C@@H](CN(C)[C@@H](C)[C@H](O)c2ccccc2)O[C@@H](c2ccc(-c3ccccc3CNC(=O)NC34CC5CC(CC(C5)C3)C4)cc2)O[C@H]1c1ccc(CO)cc1. The lowest BCUT2D eigenvalue weighted by molar-refractivity contribution is -0.276. The number of benzene rings is 4. The quantitative estimate of drug-likeness (QED) is 0.116. The van der Waals surface area contributed by atoms with Gasteiger partial charge >= 0.3 is 6.03 Å². The second kappa shape index (κ2) is 16.2. The molecule has 1 saturated heterocycles. The number of nitrogens with zero attached hydrogens (tertiary/aromatic N) is 1. The molecule has 4 aromatic carbocycles. The first-order chi connectivity index (χ1) is 26.7. The minimum absolute atomic E-state index is 0.0112. The van der Waals surface area contributed by atoms with Gasteiger partial charge in [-0.05, 0) is 104 Å². The van der Waals surface area contributed by atoms with Crippen LogP contribution < -0.4 is 10.6 Å². The fraction of sp³-hybridized carbons (Fsp3) is 0.468. The zero-order valence-corrected chi connectivity index (χ0v) is 32.4. The van der Waals surface area contributed by atoms with Gasteiger partial charge < -0.3 is 30.3 Å². The summed E-state index contributed by atoms with van der Waals surface area (Å²) in [7, 11) is 2.04. The summed E-state index contributed by atoms with van der Waals surface area (Å²) in [5, 5.41) is 27.6. The summed E-state index contributed by atoms with van der Waals surface area (Å²) in [4.78, 5) is 15.5. The van der Waals surface area contributed by atoms with E-state index in [0.29, 0.717) is 13.1 Å². The molecule has 9 rings (SSSR count). The largest absolute Gasteiger partial charge is 0.392 e. The fourth-order valence-electron chi connectivity index (χ4n) is 10.4. The van der Waals surface area contributed by atoms with Crippen molar-refractivity contribution in [1.82, 2.24) is 15.5 Å². The van der Waals surface area contributed by atoms with E-state index in [2.05, 4.69) is 58.9 Å².